The molecule has 0 radical (unpaired) electrons. The first-order valence-electron chi connectivity index (χ1n) is 10.8. The number of aliphatic hydroxyl groups excluding tert-OH is 2. The van der Waals surface area contributed by atoms with E-state index in [1.807, 2.05) is 5.92 Å². The molecular formula is C25H23NO9. The molecule has 0 heterocycles. The van der Waals surface area contributed by atoms with Gasteiger partial charge in [0, 0.05) is 23.0 Å². The molecule has 0 aromatic heterocycles. The minimum atomic E-state index is -2.64. The van der Waals surface area contributed by atoms with Crippen LogP contribution in [0.1, 0.15) is 34.8 Å². The minimum absolute atomic E-state index is 0.0354. The summed E-state index contributed by atoms with van der Waals surface area (Å²) in [5, 5.41) is 52.9. The van der Waals surface area contributed by atoms with E-state index in [2.05, 4.69) is 5.92 Å². The van der Waals surface area contributed by atoms with Crippen LogP contribution in [-0.2, 0) is 20.8 Å². The molecule has 3 aliphatic carbocycles. The molecule has 0 unspecified atom stereocenters. The normalized spacial score (nSPS) is 27.6. The number of hydrogen-bond donors (Lipinski definition) is 5. The van der Waals surface area contributed by atoms with E-state index < -0.39 is 69.6 Å². The largest absolute Gasteiger partial charge is 0.510 e. The van der Waals surface area contributed by atoms with Crippen LogP contribution in [0.15, 0.2) is 34.8 Å². The van der Waals surface area contributed by atoms with Crippen LogP contribution in [0.3, 0.4) is 0 Å². The number of benzene rings is 1. The molecule has 0 bridgehead atoms. The number of hydrogen-bond acceptors (Lipinski definition) is 9. The Kier molecular flexibility index (Phi) is 5.58. The number of aliphatic hydroxyl groups is 3. The van der Waals surface area contributed by atoms with Crippen molar-refractivity contribution in [2.24, 2.45) is 11.8 Å². The number of likely N-dealkylation sites (N-methyl/N-ethyl adjacent to an activating group) is 1. The highest BCUT2D eigenvalue weighted by molar-refractivity contribution is 6.25. The third kappa shape index (κ3) is 3.35. The van der Waals surface area contributed by atoms with Gasteiger partial charge in [-0.05, 0) is 57.5 Å². The standard InChI is InChI=1S/C25H23NO9/c1-10(27)17-22(32)20(26(2)3)14-9-12-8-13-11(5-7-16(29)30)4-6-15(28)19(13)21(31)18(12)24(34)25(14,35)23(17)33/h4,6,12,14,20,28,32,34-35H,8-9H2,1-3H3,(H,29,30)/t12-,14-,20-,25+/m0/s1. The number of carboxylic acids is 1. The summed E-state index contributed by atoms with van der Waals surface area (Å²) in [7, 11) is 3.15. The number of aromatic hydroxyl groups is 1. The fourth-order valence-corrected chi connectivity index (χ4v) is 5.59. The number of carbonyl (C=O) groups excluding carboxylic acids is 3. The van der Waals surface area contributed by atoms with Crippen molar-refractivity contribution < 1.29 is 44.7 Å². The molecule has 10 heteroatoms. The molecule has 0 saturated heterocycles. The van der Waals surface area contributed by atoms with E-state index in [0.717, 1.165) is 6.92 Å². The zero-order valence-corrected chi connectivity index (χ0v) is 19.1. The number of ketones is 3. The summed E-state index contributed by atoms with van der Waals surface area (Å²) in [5.74, 6) is -3.50. The zero-order chi connectivity index (χ0) is 26.0. The van der Waals surface area contributed by atoms with Gasteiger partial charge in [-0.15, -0.1) is 0 Å². The van der Waals surface area contributed by atoms with Crippen molar-refractivity contribution in [3.8, 4) is 17.6 Å². The second kappa shape index (κ2) is 8.08. The highest BCUT2D eigenvalue weighted by Gasteiger charge is 2.63. The van der Waals surface area contributed by atoms with Gasteiger partial charge in [-0.25, -0.2) is 4.79 Å². The molecule has 1 aromatic carbocycles. The Labute approximate surface area is 199 Å². The molecule has 0 spiro atoms. The average molecular weight is 481 g/mol. The molecule has 35 heavy (non-hydrogen) atoms. The van der Waals surface area contributed by atoms with Gasteiger partial charge in [0.25, 0.3) is 0 Å². The summed E-state index contributed by atoms with van der Waals surface area (Å²) in [6, 6.07) is 1.53. The summed E-state index contributed by atoms with van der Waals surface area (Å²) < 4.78 is 0. The molecule has 1 aromatic rings. The Morgan fingerprint density at radius 3 is 2.37 bits per heavy atom. The van der Waals surface area contributed by atoms with Crippen molar-refractivity contribution >= 4 is 23.3 Å². The maximum atomic E-state index is 13.5. The van der Waals surface area contributed by atoms with E-state index in [9.17, 15) is 39.6 Å². The first-order valence-corrected chi connectivity index (χ1v) is 10.8. The molecule has 10 nitrogen and oxygen atoms in total. The van der Waals surface area contributed by atoms with E-state index in [1.54, 1.807) is 14.1 Å². The van der Waals surface area contributed by atoms with Gasteiger partial charge in [0.2, 0.25) is 5.78 Å². The number of allylic oxidation sites excluding steroid dienone is 1. The van der Waals surface area contributed by atoms with E-state index in [1.165, 1.54) is 17.0 Å². The van der Waals surface area contributed by atoms with Gasteiger partial charge in [-0.3, -0.25) is 19.3 Å². The summed E-state index contributed by atoms with van der Waals surface area (Å²) in [6.07, 6.45) is 0.00974. The van der Waals surface area contributed by atoms with Crippen LogP contribution in [0.4, 0.5) is 0 Å². The summed E-state index contributed by atoms with van der Waals surface area (Å²) in [6.45, 7) is 1.05. The second-order valence-electron chi connectivity index (χ2n) is 9.20. The van der Waals surface area contributed by atoms with Gasteiger partial charge < -0.3 is 25.5 Å². The summed E-state index contributed by atoms with van der Waals surface area (Å²) in [5.41, 5.74) is -3.28. The number of carboxylic acid groups (broad SMARTS) is 1. The van der Waals surface area contributed by atoms with E-state index in [0.29, 0.717) is 0 Å². The third-order valence-electron chi connectivity index (χ3n) is 7.02. The number of rotatable bonds is 2. The van der Waals surface area contributed by atoms with Gasteiger partial charge >= 0.3 is 5.97 Å². The highest BCUT2D eigenvalue weighted by atomic mass is 16.4. The van der Waals surface area contributed by atoms with E-state index in [4.69, 9.17) is 5.11 Å². The van der Waals surface area contributed by atoms with Crippen LogP contribution >= 0.6 is 0 Å². The van der Waals surface area contributed by atoms with Crippen LogP contribution in [0.2, 0.25) is 0 Å². The fraction of sp³-hybridized carbons (Fsp3) is 0.360. The Balaban J connectivity index is 1.96. The summed E-state index contributed by atoms with van der Waals surface area (Å²) in [4.78, 5) is 51.4. The topological polar surface area (TPSA) is 173 Å². The lowest BCUT2D eigenvalue weighted by atomic mass is 9.58. The van der Waals surface area contributed by atoms with Gasteiger partial charge in [0.1, 0.15) is 22.8 Å². The summed E-state index contributed by atoms with van der Waals surface area (Å²) >= 11 is 0. The van der Waals surface area contributed by atoms with Crippen molar-refractivity contribution in [2.45, 2.75) is 31.4 Å². The quantitative estimate of drug-likeness (QED) is 0.298. The lowest BCUT2D eigenvalue weighted by Gasteiger charge is -2.50. The van der Waals surface area contributed by atoms with Crippen molar-refractivity contribution in [2.75, 3.05) is 14.1 Å². The fourth-order valence-electron chi connectivity index (χ4n) is 5.59. The number of aliphatic carboxylic acids is 1. The first-order chi connectivity index (χ1) is 16.3. The highest BCUT2D eigenvalue weighted by Crippen LogP contribution is 2.52. The van der Waals surface area contributed by atoms with Crippen LogP contribution in [0.25, 0.3) is 0 Å². The van der Waals surface area contributed by atoms with Gasteiger partial charge in [-0.2, -0.15) is 0 Å². The lowest BCUT2D eigenvalue weighted by Crippen LogP contribution is -2.63. The Morgan fingerprint density at radius 1 is 1.14 bits per heavy atom. The number of phenols is 1. The van der Waals surface area contributed by atoms with E-state index in [-0.39, 0.29) is 35.1 Å². The molecule has 3 aliphatic rings. The van der Waals surface area contributed by atoms with Crippen LogP contribution in [0, 0.1) is 23.7 Å². The van der Waals surface area contributed by atoms with Crippen molar-refractivity contribution in [1.82, 2.24) is 4.90 Å². The molecule has 4 rings (SSSR count). The predicted molar refractivity (Wildman–Crippen MR) is 120 cm³/mol. The van der Waals surface area contributed by atoms with Crippen LogP contribution < -0.4 is 0 Å². The number of carbonyl (C=O) groups is 4. The van der Waals surface area contributed by atoms with Crippen LogP contribution in [0.5, 0.6) is 5.75 Å². The predicted octanol–water partition coefficient (Wildman–Crippen LogP) is 0.660. The number of fused-ring (bicyclic) bond motifs is 3. The van der Waals surface area contributed by atoms with Gasteiger partial charge in [0.05, 0.1) is 11.6 Å². The molecule has 0 aliphatic heterocycles. The van der Waals surface area contributed by atoms with Gasteiger partial charge in [0.15, 0.2) is 17.2 Å². The number of phenolic OH excluding ortho intramolecular Hbond substituents is 1. The van der Waals surface area contributed by atoms with Gasteiger partial charge in [-0.1, -0.05) is 5.92 Å². The SMILES string of the molecule is CC(=O)C1=C(O)[C@@H](N(C)C)[C@@H]2C[C@@H]3Cc4c(C#CC(=O)O)ccc(O)c4C(=O)C3=C(O)[C@]2(O)C1=O. The van der Waals surface area contributed by atoms with Crippen molar-refractivity contribution in [3.63, 3.8) is 0 Å². The number of Topliss-reactive ketones (excluding diaryl/α,β-unsaturated/α-hetero) is 3. The molecule has 5 N–H and O–H groups in total. The van der Waals surface area contributed by atoms with Crippen molar-refractivity contribution in [1.29, 1.82) is 0 Å². The molecule has 0 saturated carbocycles. The monoisotopic (exact) mass is 481 g/mol. The minimum Gasteiger partial charge on any atom is -0.510 e. The molecule has 0 fully saturated rings. The molecular weight excluding hydrogens is 458 g/mol. The molecule has 182 valence electrons. The molecule has 0 amide bonds. The lowest BCUT2D eigenvalue weighted by molar-refractivity contribution is -0.148. The Bertz CT molecular complexity index is 1340. The van der Waals surface area contributed by atoms with Crippen LogP contribution in [-0.4, -0.2) is 79.5 Å². The zero-order valence-electron chi connectivity index (χ0n) is 19.1. The number of nitrogens with zero attached hydrogens (tertiary/aromatic N) is 1. The Morgan fingerprint density at radius 2 is 1.80 bits per heavy atom. The first kappa shape index (κ1) is 24.2. The molecule has 4 atom stereocenters. The van der Waals surface area contributed by atoms with Crippen molar-refractivity contribution in [3.05, 3.63) is 51.5 Å². The average Bonchev–Trinajstić information content (AvgIpc) is 2.75. The smallest absolute Gasteiger partial charge is 0.382 e. The maximum Gasteiger partial charge on any atom is 0.382 e. The Hall–Kier alpha value is -3.94. The van der Waals surface area contributed by atoms with E-state index >= 15 is 0 Å². The maximum absolute atomic E-state index is 13.5. The second-order valence-corrected chi connectivity index (χ2v) is 9.20. The third-order valence-corrected chi connectivity index (χ3v) is 7.02.